The van der Waals surface area contributed by atoms with E-state index in [9.17, 15) is 14.4 Å². The van der Waals surface area contributed by atoms with Gasteiger partial charge in [0.15, 0.2) is 6.10 Å². The van der Waals surface area contributed by atoms with E-state index in [0.717, 1.165) is 122 Å². The first-order chi connectivity index (χ1) is 37.0. The van der Waals surface area contributed by atoms with Crippen LogP contribution in [0.2, 0.25) is 0 Å². The number of hydrogen-bond acceptors (Lipinski definition) is 6. The van der Waals surface area contributed by atoms with Crippen molar-refractivity contribution in [2.24, 2.45) is 0 Å². The molecule has 0 aromatic carbocycles. The van der Waals surface area contributed by atoms with Crippen molar-refractivity contribution in [1.82, 2.24) is 0 Å². The van der Waals surface area contributed by atoms with Crippen molar-refractivity contribution in [3.8, 4) is 0 Å². The summed E-state index contributed by atoms with van der Waals surface area (Å²) in [4.78, 5) is 38.2. The smallest absolute Gasteiger partial charge is 0.306 e. The van der Waals surface area contributed by atoms with Crippen LogP contribution in [0.4, 0.5) is 0 Å². The monoisotopic (exact) mass is 1040 g/mol. The molecule has 0 aromatic rings. The highest BCUT2D eigenvalue weighted by molar-refractivity contribution is 5.71. The fourth-order valence-electron chi connectivity index (χ4n) is 8.90. The van der Waals surface area contributed by atoms with E-state index in [1.807, 2.05) is 0 Å². The number of carbonyl (C=O) groups is 3. The minimum atomic E-state index is -0.783. The lowest BCUT2D eigenvalue weighted by Gasteiger charge is -2.18. The quantitative estimate of drug-likeness (QED) is 0.0261. The van der Waals surface area contributed by atoms with Crippen molar-refractivity contribution in [2.75, 3.05) is 13.2 Å². The normalized spacial score (nSPS) is 12.7. The molecule has 0 aliphatic carbocycles. The Balaban J connectivity index is 4.17. The first-order valence-electron chi connectivity index (χ1n) is 31.7. The standard InChI is InChI=1S/C69H118O6/c1-4-7-10-13-16-19-21-23-25-27-29-30-31-32-33-34-35-36-37-38-40-41-43-45-47-50-53-56-59-62-68(71)74-65-66(64-73-67(70)61-58-55-52-49-18-15-12-9-6-3)75-69(72)63-60-57-54-51-48-46-44-42-39-28-26-24-22-20-17-14-11-8-5-2/h7-8,10-11,16-17,19-20,23-26,29-30,39,42,66H,4-6,9,12-15,18,21-22,27-28,31-38,40-41,43-65H2,1-3H3/b10-7-,11-8-,19-16-,20-17-,25-23-,26-24-,30-29-,42-39-. The van der Waals surface area contributed by atoms with Gasteiger partial charge in [-0.1, -0.05) is 285 Å². The molecule has 0 saturated heterocycles. The van der Waals surface area contributed by atoms with Crippen LogP contribution in [0.1, 0.15) is 303 Å². The van der Waals surface area contributed by atoms with E-state index in [0.29, 0.717) is 19.3 Å². The average molecular weight is 1040 g/mol. The highest BCUT2D eigenvalue weighted by Crippen LogP contribution is 2.17. The first-order valence-corrected chi connectivity index (χ1v) is 31.7. The molecule has 75 heavy (non-hydrogen) atoms. The fourth-order valence-corrected chi connectivity index (χ4v) is 8.90. The molecule has 6 heteroatoms. The third-order valence-corrected chi connectivity index (χ3v) is 13.6. The van der Waals surface area contributed by atoms with Gasteiger partial charge >= 0.3 is 17.9 Å². The zero-order valence-electron chi connectivity index (χ0n) is 49.3. The topological polar surface area (TPSA) is 78.9 Å². The first kappa shape index (κ1) is 71.3. The second kappa shape index (κ2) is 62.9. The molecule has 1 unspecified atom stereocenters. The molecule has 0 saturated carbocycles. The molecule has 1 atom stereocenters. The van der Waals surface area contributed by atoms with Crippen molar-refractivity contribution >= 4 is 17.9 Å². The van der Waals surface area contributed by atoms with Crippen molar-refractivity contribution in [2.45, 2.75) is 309 Å². The van der Waals surface area contributed by atoms with Gasteiger partial charge in [-0.3, -0.25) is 14.4 Å². The third-order valence-electron chi connectivity index (χ3n) is 13.6. The Morgan fingerprint density at radius 1 is 0.280 bits per heavy atom. The molecule has 0 N–H and O–H groups in total. The highest BCUT2D eigenvalue weighted by Gasteiger charge is 2.19. The number of carbonyl (C=O) groups excluding carboxylic acids is 3. The van der Waals surface area contributed by atoms with Crippen LogP contribution in [-0.2, 0) is 28.6 Å². The van der Waals surface area contributed by atoms with Crippen LogP contribution in [0.3, 0.4) is 0 Å². The Labute approximate surface area is 464 Å². The van der Waals surface area contributed by atoms with E-state index >= 15 is 0 Å². The maximum atomic E-state index is 12.9. The van der Waals surface area contributed by atoms with Gasteiger partial charge in [-0.15, -0.1) is 0 Å². The minimum Gasteiger partial charge on any atom is -0.462 e. The summed E-state index contributed by atoms with van der Waals surface area (Å²) in [5.41, 5.74) is 0. The predicted molar refractivity (Wildman–Crippen MR) is 325 cm³/mol. The Morgan fingerprint density at radius 3 is 0.813 bits per heavy atom. The van der Waals surface area contributed by atoms with Crippen LogP contribution in [0.15, 0.2) is 97.2 Å². The Kier molecular flexibility index (Phi) is 59.8. The molecular formula is C69H118O6. The van der Waals surface area contributed by atoms with Crippen molar-refractivity contribution in [3.63, 3.8) is 0 Å². The van der Waals surface area contributed by atoms with Gasteiger partial charge in [0, 0.05) is 19.3 Å². The third kappa shape index (κ3) is 61.1. The van der Waals surface area contributed by atoms with Crippen molar-refractivity contribution in [3.05, 3.63) is 97.2 Å². The molecule has 0 fully saturated rings. The maximum Gasteiger partial charge on any atom is 0.306 e. The molecule has 0 spiro atoms. The van der Waals surface area contributed by atoms with Gasteiger partial charge in [-0.05, 0) is 96.3 Å². The summed E-state index contributed by atoms with van der Waals surface area (Å²) in [6.45, 7) is 6.41. The summed E-state index contributed by atoms with van der Waals surface area (Å²) in [5, 5.41) is 0. The fraction of sp³-hybridized carbons (Fsp3) is 0.725. The van der Waals surface area contributed by atoms with Gasteiger partial charge in [0.1, 0.15) is 13.2 Å². The number of hydrogen-bond donors (Lipinski definition) is 0. The summed E-state index contributed by atoms with van der Waals surface area (Å²) in [5.74, 6) is -0.887. The number of esters is 3. The molecule has 0 amide bonds. The van der Waals surface area contributed by atoms with E-state index < -0.39 is 6.10 Å². The lowest BCUT2D eigenvalue weighted by Crippen LogP contribution is -2.30. The largest absolute Gasteiger partial charge is 0.462 e. The number of rotatable bonds is 57. The van der Waals surface area contributed by atoms with E-state index in [4.69, 9.17) is 14.2 Å². The molecule has 0 aliphatic rings. The average Bonchev–Trinajstić information content (AvgIpc) is 3.41. The Bertz CT molecular complexity index is 1480. The van der Waals surface area contributed by atoms with E-state index in [1.54, 1.807) is 0 Å². The van der Waals surface area contributed by atoms with Gasteiger partial charge < -0.3 is 14.2 Å². The molecule has 0 rings (SSSR count). The van der Waals surface area contributed by atoms with Crippen LogP contribution in [0.25, 0.3) is 0 Å². The number of unbranched alkanes of at least 4 members (excludes halogenated alkanes) is 30. The molecule has 0 aliphatic heterocycles. The van der Waals surface area contributed by atoms with E-state index in [-0.39, 0.29) is 31.1 Å². The van der Waals surface area contributed by atoms with Crippen LogP contribution in [0, 0.1) is 0 Å². The number of ether oxygens (including phenoxy) is 3. The summed E-state index contributed by atoms with van der Waals surface area (Å²) in [6.07, 6.45) is 84.3. The van der Waals surface area contributed by atoms with E-state index in [2.05, 4.69) is 118 Å². The summed E-state index contributed by atoms with van der Waals surface area (Å²) >= 11 is 0. The van der Waals surface area contributed by atoms with Crippen LogP contribution < -0.4 is 0 Å². The van der Waals surface area contributed by atoms with Gasteiger partial charge in [0.25, 0.3) is 0 Å². The van der Waals surface area contributed by atoms with Crippen LogP contribution in [0.5, 0.6) is 0 Å². The van der Waals surface area contributed by atoms with Crippen molar-refractivity contribution in [1.29, 1.82) is 0 Å². The summed E-state index contributed by atoms with van der Waals surface area (Å²) < 4.78 is 16.9. The van der Waals surface area contributed by atoms with Gasteiger partial charge in [0.05, 0.1) is 0 Å². The predicted octanol–water partition coefficient (Wildman–Crippen LogP) is 21.7. The lowest BCUT2D eigenvalue weighted by atomic mass is 10.0. The zero-order chi connectivity index (χ0) is 54.3. The Morgan fingerprint density at radius 2 is 0.520 bits per heavy atom. The molecule has 0 bridgehead atoms. The highest BCUT2D eigenvalue weighted by atomic mass is 16.6. The van der Waals surface area contributed by atoms with Crippen LogP contribution >= 0.6 is 0 Å². The zero-order valence-corrected chi connectivity index (χ0v) is 49.3. The second-order valence-corrected chi connectivity index (χ2v) is 20.9. The molecule has 0 radical (unpaired) electrons. The maximum absolute atomic E-state index is 12.9. The second-order valence-electron chi connectivity index (χ2n) is 20.9. The molecule has 0 aromatic heterocycles. The molecular weight excluding hydrogens is 925 g/mol. The summed E-state index contributed by atoms with van der Waals surface area (Å²) in [6, 6.07) is 0. The minimum absolute atomic E-state index is 0.0802. The SMILES string of the molecule is CC/C=C\C/C=C\C/C=C\C/C=C\CCCCCCCCCCCCCCCCCCC(=O)OCC(COC(=O)CCCCCCCCCCC)OC(=O)CCCCCCCC/C=C\C/C=C\C/C=C\C/C=C\CC. The Hall–Kier alpha value is -3.67. The number of allylic oxidation sites excluding steroid dienone is 16. The van der Waals surface area contributed by atoms with Gasteiger partial charge in [-0.25, -0.2) is 0 Å². The summed E-state index contributed by atoms with van der Waals surface area (Å²) in [7, 11) is 0. The molecule has 430 valence electrons. The molecule has 6 nitrogen and oxygen atoms in total. The van der Waals surface area contributed by atoms with Crippen LogP contribution in [-0.4, -0.2) is 37.2 Å². The van der Waals surface area contributed by atoms with Gasteiger partial charge in [0.2, 0.25) is 0 Å². The van der Waals surface area contributed by atoms with Crippen molar-refractivity contribution < 1.29 is 28.6 Å². The van der Waals surface area contributed by atoms with Gasteiger partial charge in [-0.2, -0.15) is 0 Å². The lowest BCUT2D eigenvalue weighted by molar-refractivity contribution is -0.167. The molecule has 0 heterocycles. The van der Waals surface area contributed by atoms with E-state index in [1.165, 1.54) is 141 Å².